The van der Waals surface area contributed by atoms with E-state index >= 15 is 0 Å². The molecule has 0 spiro atoms. The topological polar surface area (TPSA) is 32.1 Å². The Balaban J connectivity index is 3.26. The lowest BCUT2D eigenvalue weighted by Gasteiger charge is -2.07. The summed E-state index contributed by atoms with van der Waals surface area (Å²) in [6.07, 6.45) is 0. The molecule has 1 aromatic rings. The van der Waals surface area contributed by atoms with Gasteiger partial charge in [0.25, 0.3) is 0 Å². The predicted octanol–water partition coefficient (Wildman–Crippen LogP) is 1.49. The van der Waals surface area contributed by atoms with Gasteiger partial charge < -0.3 is 9.84 Å². The van der Waals surface area contributed by atoms with Gasteiger partial charge in [-0.25, -0.2) is 13.2 Å². The molecule has 1 aromatic carbocycles. The average Bonchev–Trinajstić information content (AvgIpc) is 2.24. The van der Waals surface area contributed by atoms with Crippen molar-refractivity contribution >= 4 is 0 Å². The van der Waals surface area contributed by atoms with Crippen LogP contribution >= 0.6 is 0 Å². The zero-order chi connectivity index (χ0) is 11.6. The maximum absolute atomic E-state index is 12.8. The summed E-state index contributed by atoms with van der Waals surface area (Å²) < 4.78 is 67.5. The molecular weight excluding hydrogens is 223 g/mol. The predicted molar refractivity (Wildman–Crippen MR) is 40.2 cm³/mol. The summed E-state index contributed by atoms with van der Waals surface area (Å²) in [6.45, 7) is -0.822. The molecule has 0 saturated heterocycles. The summed E-state index contributed by atoms with van der Waals surface area (Å²) >= 11 is 0. The molecule has 84 valence electrons. The highest BCUT2D eigenvalue weighted by Gasteiger charge is 2.26. The van der Waals surface area contributed by atoms with Crippen LogP contribution in [0.25, 0.3) is 0 Å². The van der Waals surface area contributed by atoms with Gasteiger partial charge in [-0.15, -0.1) is 0 Å². The SMILES string of the molecule is [OH2+]CCOc1c(F)c(F)c(F)c(F)c1F. The van der Waals surface area contributed by atoms with Crippen molar-refractivity contribution in [3.63, 3.8) is 0 Å². The van der Waals surface area contributed by atoms with E-state index in [0.717, 1.165) is 0 Å². The lowest BCUT2D eigenvalue weighted by Crippen LogP contribution is -2.09. The van der Waals surface area contributed by atoms with Crippen LogP contribution in [0.3, 0.4) is 0 Å². The second kappa shape index (κ2) is 4.43. The van der Waals surface area contributed by atoms with Crippen molar-refractivity contribution < 1.29 is 31.8 Å². The molecule has 2 nitrogen and oxygen atoms in total. The van der Waals surface area contributed by atoms with Gasteiger partial charge in [0.2, 0.25) is 29.1 Å². The third-order valence-electron chi connectivity index (χ3n) is 1.52. The van der Waals surface area contributed by atoms with Crippen LogP contribution in [0.2, 0.25) is 0 Å². The second-order valence-electron chi connectivity index (χ2n) is 2.50. The Morgan fingerprint density at radius 2 is 1.20 bits per heavy atom. The largest absolute Gasteiger partial charge is 0.479 e. The first-order chi connectivity index (χ1) is 7.00. The Labute approximate surface area is 80.9 Å². The molecule has 0 amide bonds. The van der Waals surface area contributed by atoms with E-state index in [-0.39, 0.29) is 6.61 Å². The molecule has 0 bridgehead atoms. The lowest BCUT2D eigenvalue weighted by atomic mass is 10.2. The van der Waals surface area contributed by atoms with Gasteiger partial charge in [0, 0.05) is 0 Å². The molecular formula is C8H6F5O2+. The molecule has 0 aliphatic carbocycles. The standard InChI is InChI=1S/C8H5F5O2/c9-3-4(10)6(12)8(15-2-1-14)7(13)5(3)11/h14H,1-2H2/p+1. The number of rotatable bonds is 3. The average molecular weight is 229 g/mol. The Morgan fingerprint density at radius 1 is 0.800 bits per heavy atom. The fourth-order valence-corrected chi connectivity index (χ4v) is 0.865. The number of ether oxygens (including phenoxy) is 1. The highest BCUT2D eigenvalue weighted by Crippen LogP contribution is 2.28. The van der Waals surface area contributed by atoms with Gasteiger partial charge in [-0.3, -0.25) is 0 Å². The Morgan fingerprint density at radius 3 is 1.60 bits per heavy atom. The monoisotopic (exact) mass is 229 g/mol. The van der Waals surface area contributed by atoms with Gasteiger partial charge in [0.15, 0.2) is 19.0 Å². The molecule has 15 heavy (non-hydrogen) atoms. The molecule has 0 aromatic heterocycles. The van der Waals surface area contributed by atoms with Crippen LogP contribution in [0.5, 0.6) is 5.75 Å². The molecule has 0 saturated carbocycles. The van der Waals surface area contributed by atoms with Crippen LogP contribution < -0.4 is 4.74 Å². The quantitative estimate of drug-likeness (QED) is 0.334. The molecule has 0 fully saturated rings. The van der Waals surface area contributed by atoms with Crippen LogP contribution in [-0.4, -0.2) is 18.3 Å². The van der Waals surface area contributed by atoms with Crippen LogP contribution in [-0.2, 0) is 0 Å². The van der Waals surface area contributed by atoms with Gasteiger partial charge in [0.05, 0.1) is 0 Å². The molecule has 0 unspecified atom stereocenters. The molecule has 0 aliphatic heterocycles. The molecule has 0 aliphatic rings. The third-order valence-corrected chi connectivity index (χ3v) is 1.52. The van der Waals surface area contributed by atoms with Gasteiger partial charge >= 0.3 is 0 Å². The minimum Gasteiger partial charge on any atom is -0.479 e. The fourth-order valence-electron chi connectivity index (χ4n) is 0.865. The van der Waals surface area contributed by atoms with Crippen molar-refractivity contribution in [2.45, 2.75) is 0 Å². The molecule has 2 N–H and O–H groups in total. The van der Waals surface area contributed by atoms with E-state index in [1.165, 1.54) is 0 Å². The van der Waals surface area contributed by atoms with E-state index in [0.29, 0.717) is 0 Å². The van der Waals surface area contributed by atoms with Crippen LogP contribution in [0.4, 0.5) is 22.0 Å². The van der Waals surface area contributed by atoms with E-state index in [2.05, 4.69) is 4.74 Å². The maximum Gasteiger partial charge on any atom is 0.206 e. The van der Waals surface area contributed by atoms with E-state index in [9.17, 15) is 22.0 Å². The summed E-state index contributed by atoms with van der Waals surface area (Å²) in [5.41, 5.74) is 0. The van der Waals surface area contributed by atoms with E-state index in [1.54, 1.807) is 0 Å². The third kappa shape index (κ3) is 2.01. The normalized spacial score (nSPS) is 10.5. The summed E-state index contributed by atoms with van der Waals surface area (Å²) in [5.74, 6) is -11.8. The van der Waals surface area contributed by atoms with Crippen molar-refractivity contribution in [3.8, 4) is 5.75 Å². The Bertz CT molecular complexity index is 351. The second-order valence-corrected chi connectivity index (χ2v) is 2.50. The van der Waals surface area contributed by atoms with E-state index < -0.39 is 41.4 Å². The zero-order valence-electron chi connectivity index (χ0n) is 7.21. The fraction of sp³-hybridized carbons (Fsp3) is 0.250. The van der Waals surface area contributed by atoms with E-state index in [4.69, 9.17) is 5.11 Å². The number of benzene rings is 1. The molecule has 1 rings (SSSR count). The number of halogens is 5. The first-order valence-electron chi connectivity index (χ1n) is 3.79. The van der Waals surface area contributed by atoms with Crippen LogP contribution in [0.15, 0.2) is 0 Å². The van der Waals surface area contributed by atoms with Crippen molar-refractivity contribution in [3.05, 3.63) is 29.1 Å². The first kappa shape index (κ1) is 11.7. The van der Waals surface area contributed by atoms with Gasteiger partial charge in [0.1, 0.15) is 0 Å². The minimum absolute atomic E-state index is 0.362. The zero-order valence-corrected chi connectivity index (χ0v) is 7.21. The van der Waals surface area contributed by atoms with Gasteiger partial charge in [-0.2, -0.15) is 8.78 Å². The highest BCUT2D eigenvalue weighted by atomic mass is 19.2. The van der Waals surface area contributed by atoms with Crippen molar-refractivity contribution in [1.82, 2.24) is 0 Å². The highest BCUT2D eigenvalue weighted by molar-refractivity contribution is 5.29. The molecule has 0 atom stereocenters. The van der Waals surface area contributed by atoms with Crippen molar-refractivity contribution in [2.24, 2.45) is 0 Å². The van der Waals surface area contributed by atoms with E-state index in [1.807, 2.05) is 0 Å². The number of hydrogen-bond acceptors (Lipinski definition) is 1. The van der Waals surface area contributed by atoms with Crippen LogP contribution in [0.1, 0.15) is 0 Å². The van der Waals surface area contributed by atoms with Crippen LogP contribution in [0, 0.1) is 29.1 Å². The first-order valence-corrected chi connectivity index (χ1v) is 3.79. The summed E-state index contributed by atoms with van der Waals surface area (Å²) in [7, 11) is 0. The molecule has 7 heteroatoms. The maximum atomic E-state index is 12.8. The Hall–Kier alpha value is -1.37. The summed E-state index contributed by atoms with van der Waals surface area (Å²) in [6, 6.07) is 0. The van der Waals surface area contributed by atoms with Gasteiger partial charge in [-0.05, 0) is 0 Å². The molecule has 0 heterocycles. The van der Waals surface area contributed by atoms with Crippen molar-refractivity contribution in [1.29, 1.82) is 0 Å². The van der Waals surface area contributed by atoms with Crippen molar-refractivity contribution in [2.75, 3.05) is 13.2 Å². The smallest absolute Gasteiger partial charge is 0.206 e. The van der Waals surface area contributed by atoms with Gasteiger partial charge in [-0.1, -0.05) is 0 Å². The summed E-state index contributed by atoms with van der Waals surface area (Å²) in [4.78, 5) is 0. The minimum atomic E-state index is -2.23. The Kier molecular flexibility index (Phi) is 3.46. The number of hydrogen-bond donors (Lipinski definition) is 0. The summed E-state index contributed by atoms with van der Waals surface area (Å²) in [5, 5.41) is 6.61. The molecule has 0 radical (unpaired) electrons. The lowest BCUT2D eigenvalue weighted by molar-refractivity contribution is 0.185.